The van der Waals surface area contributed by atoms with Crippen LogP contribution in [0.1, 0.15) is 16.5 Å². The summed E-state index contributed by atoms with van der Waals surface area (Å²) in [4.78, 5) is 5.13. The van der Waals surface area contributed by atoms with Crippen molar-refractivity contribution in [2.45, 2.75) is 12.6 Å². The summed E-state index contributed by atoms with van der Waals surface area (Å²) in [5.41, 5.74) is 1.07. The molecule has 1 atom stereocenters. The third-order valence-electron chi connectivity index (χ3n) is 3.81. The summed E-state index contributed by atoms with van der Waals surface area (Å²) in [6, 6.07) is 17.8. The number of nitrogens with zero attached hydrogens (tertiary/aromatic N) is 1. The van der Waals surface area contributed by atoms with Crippen molar-refractivity contribution in [2.75, 3.05) is 13.6 Å². The Hall–Kier alpha value is -1.35. The largest absolute Gasteiger partial charge is 0.386 e. The predicted molar refractivity (Wildman–Crippen MR) is 122 cm³/mol. The molecule has 1 unspecified atom stereocenters. The number of fused-ring (bicyclic) bond motifs is 1. The summed E-state index contributed by atoms with van der Waals surface area (Å²) in [5.74, 6) is 0.639. The minimum atomic E-state index is -0.581. The fourth-order valence-corrected chi connectivity index (χ4v) is 3.78. The molecule has 0 aliphatic carbocycles. The maximum absolute atomic E-state index is 10.4. The molecule has 0 saturated heterocycles. The third kappa shape index (κ3) is 5.57. The van der Waals surface area contributed by atoms with E-state index in [4.69, 9.17) is 11.6 Å². The number of nitrogens with one attached hydrogen (secondary N) is 2. The monoisotopic (exact) mass is 501 g/mol. The molecule has 26 heavy (non-hydrogen) atoms. The Morgan fingerprint density at radius 2 is 1.96 bits per heavy atom. The molecule has 138 valence electrons. The molecular formula is C19H21ClIN3OS. The van der Waals surface area contributed by atoms with Gasteiger partial charge in [0.25, 0.3) is 0 Å². The Morgan fingerprint density at radius 1 is 1.15 bits per heavy atom. The van der Waals surface area contributed by atoms with Gasteiger partial charge in [-0.05, 0) is 35.2 Å². The summed E-state index contributed by atoms with van der Waals surface area (Å²) in [7, 11) is 1.71. The van der Waals surface area contributed by atoms with Gasteiger partial charge in [-0.1, -0.05) is 41.9 Å². The van der Waals surface area contributed by atoms with E-state index in [2.05, 4.69) is 27.8 Å². The molecule has 0 aliphatic heterocycles. The zero-order valence-electron chi connectivity index (χ0n) is 14.3. The van der Waals surface area contributed by atoms with Crippen LogP contribution in [-0.4, -0.2) is 24.7 Å². The Balaban J connectivity index is 0.00000243. The number of aliphatic imine (C=N–C) groups is 1. The molecule has 0 saturated carbocycles. The molecule has 1 heterocycles. The first-order valence-electron chi connectivity index (χ1n) is 8.01. The Labute approximate surface area is 179 Å². The molecule has 3 aromatic rings. The number of rotatable bonds is 5. The normalized spacial score (nSPS) is 12.5. The van der Waals surface area contributed by atoms with Crippen LogP contribution < -0.4 is 10.6 Å². The van der Waals surface area contributed by atoms with Crippen molar-refractivity contribution in [2.24, 2.45) is 4.99 Å². The molecule has 7 heteroatoms. The molecule has 0 fully saturated rings. The molecule has 3 N–H and O–H groups in total. The summed E-state index contributed by atoms with van der Waals surface area (Å²) in [6.45, 7) is 1.00. The first-order valence-corrected chi connectivity index (χ1v) is 9.20. The Kier molecular flexibility index (Phi) is 8.15. The SMILES string of the molecule is CN=C(NCc1cccc(Cl)c1)NCC(O)c1cc2ccccc2s1.I. The molecule has 2 aromatic carbocycles. The highest BCUT2D eigenvalue weighted by atomic mass is 127. The van der Waals surface area contributed by atoms with Gasteiger partial charge in [0.2, 0.25) is 0 Å². The van der Waals surface area contributed by atoms with E-state index >= 15 is 0 Å². The van der Waals surface area contributed by atoms with Crippen molar-refractivity contribution in [3.63, 3.8) is 0 Å². The zero-order chi connectivity index (χ0) is 17.6. The van der Waals surface area contributed by atoms with Crippen LogP contribution in [0.3, 0.4) is 0 Å². The average Bonchev–Trinajstić information content (AvgIpc) is 3.06. The molecule has 0 spiro atoms. The summed E-state index contributed by atoms with van der Waals surface area (Å²) in [5, 5.41) is 18.7. The lowest BCUT2D eigenvalue weighted by Crippen LogP contribution is -2.38. The van der Waals surface area contributed by atoms with Gasteiger partial charge >= 0.3 is 0 Å². The molecule has 1 aromatic heterocycles. The van der Waals surface area contributed by atoms with E-state index < -0.39 is 6.10 Å². The van der Waals surface area contributed by atoms with Gasteiger partial charge in [-0.3, -0.25) is 4.99 Å². The van der Waals surface area contributed by atoms with Crippen LogP contribution >= 0.6 is 46.9 Å². The highest BCUT2D eigenvalue weighted by Gasteiger charge is 2.12. The number of thiophene rings is 1. The van der Waals surface area contributed by atoms with E-state index in [1.54, 1.807) is 18.4 Å². The smallest absolute Gasteiger partial charge is 0.191 e. The number of guanidine groups is 1. The van der Waals surface area contributed by atoms with E-state index in [1.165, 1.54) is 4.70 Å². The number of aliphatic hydroxyl groups excluding tert-OH is 1. The number of aliphatic hydroxyl groups is 1. The quantitative estimate of drug-likeness (QED) is 0.273. The highest BCUT2D eigenvalue weighted by molar-refractivity contribution is 14.0. The van der Waals surface area contributed by atoms with Crippen molar-refractivity contribution in [1.29, 1.82) is 0 Å². The number of benzene rings is 2. The van der Waals surface area contributed by atoms with Gasteiger partial charge in [0.15, 0.2) is 5.96 Å². The van der Waals surface area contributed by atoms with Crippen LogP contribution in [0.25, 0.3) is 10.1 Å². The maximum atomic E-state index is 10.4. The lowest BCUT2D eigenvalue weighted by atomic mass is 10.2. The van der Waals surface area contributed by atoms with Gasteiger partial charge in [-0.25, -0.2) is 0 Å². The second-order valence-electron chi connectivity index (χ2n) is 5.64. The fraction of sp³-hybridized carbons (Fsp3) is 0.211. The Bertz CT molecular complexity index is 851. The van der Waals surface area contributed by atoms with Gasteiger partial charge in [0.05, 0.1) is 0 Å². The van der Waals surface area contributed by atoms with Gasteiger partial charge in [0, 0.05) is 34.7 Å². The minimum Gasteiger partial charge on any atom is -0.386 e. The van der Waals surface area contributed by atoms with Gasteiger partial charge in [0.1, 0.15) is 6.10 Å². The fourth-order valence-electron chi connectivity index (χ4n) is 2.51. The van der Waals surface area contributed by atoms with Crippen molar-refractivity contribution in [1.82, 2.24) is 10.6 Å². The lowest BCUT2D eigenvalue weighted by molar-refractivity contribution is 0.184. The predicted octanol–water partition coefficient (Wildman–Crippen LogP) is 4.57. The van der Waals surface area contributed by atoms with Crippen LogP contribution in [0.15, 0.2) is 59.6 Å². The van der Waals surface area contributed by atoms with E-state index in [0.29, 0.717) is 24.1 Å². The van der Waals surface area contributed by atoms with Gasteiger partial charge in [-0.15, -0.1) is 35.3 Å². The second-order valence-corrected chi connectivity index (χ2v) is 7.19. The van der Waals surface area contributed by atoms with E-state index in [1.807, 2.05) is 42.5 Å². The second kappa shape index (κ2) is 10.1. The first-order chi connectivity index (χ1) is 12.2. The number of hydrogen-bond acceptors (Lipinski definition) is 3. The number of halogens is 2. The van der Waals surface area contributed by atoms with E-state index in [9.17, 15) is 5.11 Å². The summed E-state index contributed by atoms with van der Waals surface area (Å²) in [6.07, 6.45) is -0.581. The maximum Gasteiger partial charge on any atom is 0.191 e. The zero-order valence-corrected chi connectivity index (χ0v) is 18.2. The summed E-state index contributed by atoms with van der Waals surface area (Å²) >= 11 is 7.60. The van der Waals surface area contributed by atoms with Gasteiger partial charge < -0.3 is 15.7 Å². The molecule has 3 rings (SSSR count). The van der Waals surface area contributed by atoms with Crippen molar-refractivity contribution >= 4 is 63.0 Å². The van der Waals surface area contributed by atoms with Crippen molar-refractivity contribution < 1.29 is 5.11 Å². The van der Waals surface area contributed by atoms with Crippen molar-refractivity contribution in [3.05, 3.63) is 70.1 Å². The van der Waals surface area contributed by atoms with Crippen LogP contribution in [0.4, 0.5) is 0 Å². The average molecular weight is 502 g/mol. The van der Waals surface area contributed by atoms with Crippen LogP contribution in [0, 0.1) is 0 Å². The molecule has 0 amide bonds. The first kappa shape index (κ1) is 21.0. The van der Waals surface area contributed by atoms with E-state index in [0.717, 1.165) is 15.8 Å². The van der Waals surface area contributed by atoms with Crippen LogP contribution in [0.2, 0.25) is 5.02 Å². The summed E-state index contributed by atoms with van der Waals surface area (Å²) < 4.78 is 1.18. The molecule has 4 nitrogen and oxygen atoms in total. The highest BCUT2D eigenvalue weighted by Crippen LogP contribution is 2.29. The molecule has 0 aliphatic rings. The number of hydrogen-bond donors (Lipinski definition) is 3. The van der Waals surface area contributed by atoms with Crippen LogP contribution in [0.5, 0.6) is 0 Å². The van der Waals surface area contributed by atoms with Crippen molar-refractivity contribution in [3.8, 4) is 0 Å². The van der Waals surface area contributed by atoms with Crippen LogP contribution in [-0.2, 0) is 6.54 Å². The standard InChI is InChI=1S/C19H20ClN3OS.HI/c1-21-19(22-11-13-5-4-7-15(20)9-13)23-12-16(24)18-10-14-6-2-3-8-17(14)25-18;/h2-10,16,24H,11-12H2,1H3,(H2,21,22,23);1H. The van der Waals surface area contributed by atoms with Gasteiger partial charge in [-0.2, -0.15) is 0 Å². The topological polar surface area (TPSA) is 56.7 Å². The molecule has 0 radical (unpaired) electrons. The molecule has 0 bridgehead atoms. The Morgan fingerprint density at radius 3 is 2.69 bits per heavy atom. The van der Waals surface area contributed by atoms with E-state index in [-0.39, 0.29) is 24.0 Å². The lowest BCUT2D eigenvalue weighted by Gasteiger charge is -2.14. The third-order valence-corrected chi connectivity index (χ3v) is 5.26. The minimum absolute atomic E-state index is 0. The molecular weight excluding hydrogens is 481 g/mol.